The van der Waals surface area contributed by atoms with Crippen molar-refractivity contribution in [2.45, 2.75) is 12.8 Å². The number of carbonyl (C=O) groups is 2. The summed E-state index contributed by atoms with van der Waals surface area (Å²) in [6.07, 6.45) is 4.13. The number of isothiocyanates is 1. The highest BCUT2D eigenvalue weighted by Crippen LogP contribution is 2.05. The number of nitrogens with zero attached hydrogens (tertiary/aromatic N) is 2. The Morgan fingerprint density at radius 3 is 2.50 bits per heavy atom. The Kier molecular flexibility index (Phi) is 4.16. The van der Waals surface area contributed by atoms with Crippen molar-refractivity contribution in [3.8, 4) is 0 Å². The lowest BCUT2D eigenvalue weighted by Crippen LogP contribution is -2.30. The molecule has 0 bridgehead atoms. The summed E-state index contributed by atoms with van der Waals surface area (Å²) >= 11 is 4.40. The van der Waals surface area contributed by atoms with Crippen LogP contribution in [0, 0.1) is 0 Å². The first kappa shape index (κ1) is 10.8. The molecule has 0 aromatic heterocycles. The van der Waals surface area contributed by atoms with Gasteiger partial charge in [-0.05, 0) is 25.1 Å². The number of imide groups is 1. The summed E-state index contributed by atoms with van der Waals surface area (Å²) in [5.74, 6) is -0.457. The van der Waals surface area contributed by atoms with Gasteiger partial charge in [-0.15, -0.1) is 0 Å². The molecule has 0 atom stereocenters. The summed E-state index contributed by atoms with van der Waals surface area (Å²) in [4.78, 5) is 27.1. The minimum Gasteiger partial charge on any atom is -0.275 e. The third kappa shape index (κ3) is 2.87. The van der Waals surface area contributed by atoms with E-state index in [1.807, 2.05) is 0 Å². The highest BCUT2D eigenvalue weighted by Gasteiger charge is 2.21. The Hall–Kier alpha value is -1.32. The van der Waals surface area contributed by atoms with Crippen LogP contribution < -0.4 is 0 Å². The fourth-order valence-corrected chi connectivity index (χ4v) is 1.25. The molecule has 0 aromatic rings. The van der Waals surface area contributed by atoms with Gasteiger partial charge in [0.05, 0.1) is 5.16 Å². The van der Waals surface area contributed by atoms with Crippen molar-refractivity contribution < 1.29 is 9.59 Å². The molecule has 5 heteroatoms. The van der Waals surface area contributed by atoms with E-state index in [0.29, 0.717) is 13.1 Å². The van der Waals surface area contributed by atoms with Crippen molar-refractivity contribution in [2.24, 2.45) is 4.99 Å². The molecule has 0 radical (unpaired) electrons. The van der Waals surface area contributed by atoms with Gasteiger partial charge in [-0.1, -0.05) is 0 Å². The summed E-state index contributed by atoms with van der Waals surface area (Å²) in [5, 5.41) is 2.26. The minimum absolute atomic E-state index is 0.228. The van der Waals surface area contributed by atoms with Gasteiger partial charge in [-0.25, -0.2) is 4.99 Å². The average Bonchev–Trinajstić information content (AvgIpc) is 2.48. The normalized spacial score (nSPS) is 14.7. The van der Waals surface area contributed by atoms with Crippen LogP contribution in [0.2, 0.25) is 0 Å². The topological polar surface area (TPSA) is 49.7 Å². The molecule has 2 amide bonds. The van der Waals surface area contributed by atoms with E-state index in [-0.39, 0.29) is 11.8 Å². The monoisotopic (exact) mass is 210 g/mol. The summed E-state index contributed by atoms with van der Waals surface area (Å²) in [6, 6.07) is 0. The van der Waals surface area contributed by atoms with E-state index in [1.54, 1.807) is 0 Å². The predicted molar refractivity (Wildman–Crippen MR) is 55.0 cm³/mol. The maximum absolute atomic E-state index is 11.1. The molecular weight excluding hydrogens is 200 g/mol. The predicted octanol–water partition coefficient (Wildman–Crippen LogP) is 0.794. The Balaban J connectivity index is 2.22. The molecule has 1 heterocycles. The van der Waals surface area contributed by atoms with Gasteiger partial charge in [-0.2, -0.15) is 0 Å². The van der Waals surface area contributed by atoms with Crippen molar-refractivity contribution in [3.05, 3.63) is 12.2 Å². The average molecular weight is 210 g/mol. The third-order valence-electron chi connectivity index (χ3n) is 1.87. The lowest BCUT2D eigenvalue weighted by molar-refractivity contribution is -0.136. The van der Waals surface area contributed by atoms with Crippen molar-refractivity contribution in [1.29, 1.82) is 0 Å². The van der Waals surface area contributed by atoms with Crippen LogP contribution in [0.4, 0.5) is 0 Å². The zero-order valence-electron chi connectivity index (χ0n) is 7.60. The first-order chi connectivity index (χ1) is 6.75. The Labute approximate surface area is 87.3 Å². The number of thiocarbonyl (C=S) groups is 1. The third-order valence-corrected chi connectivity index (χ3v) is 2.00. The van der Waals surface area contributed by atoms with Crippen molar-refractivity contribution >= 4 is 29.2 Å². The lowest BCUT2D eigenvalue weighted by atomic mass is 10.3. The first-order valence-corrected chi connectivity index (χ1v) is 4.73. The van der Waals surface area contributed by atoms with Crippen LogP contribution in [-0.2, 0) is 9.59 Å². The van der Waals surface area contributed by atoms with Gasteiger partial charge in [0.25, 0.3) is 11.8 Å². The van der Waals surface area contributed by atoms with E-state index in [9.17, 15) is 9.59 Å². The molecule has 0 fully saturated rings. The number of amides is 2. The van der Waals surface area contributed by atoms with Crippen LogP contribution in [0.5, 0.6) is 0 Å². The van der Waals surface area contributed by atoms with Gasteiger partial charge in [0, 0.05) is 25.2 Å². The number of hydrogen-bond acceptors (Lipinski definition) is 4. The van der Waals surface area contributed by atoms with E-state index < -0.39 is 0 Å². The molecule has 4 nitrogen and oxygen atoms in total. The molecule has 0 aromatic carbocycles. The fraction of sp³-hybridized carbons (Fsp3) is 0.444. The number of carbonyl (C=O) groups excluding carboxylic acids is 2. The zero-order chi connectivity index (χ0) is 10.4. The van der Waals surface area contributed by atoms with Gasteiger partial charge in [-0.3, -0.25) is 14.5 Å². The number of unbranched alkanes of at least 4 members (excludes halogenated alkanes) is 1. The summed E-state index contributed by atoms with van der Waals surface area (Å²) in [5.41, 5.74) is 0. The largest absolute Gasteiger partial charge is 0.275 e. The van der Waals surface area contributed by atoms with Crippen molar-refractivity contribution in [1.82, 2.24) is 4.90 Å². The molecule has 0 N–H and O–H groups in total. The smallest absolute Gasteiger partial charge is 0.253 e. The van der Waals surface area contributed by atoms with E-state index in [4.69, 9.17) is 0 Å². The Morgan fingerprint density at radius 1 is 1.29 bits per heavy atom. The number of hydrogen-bond donors (Lipinski definition) is 0. The van der Waals surface area contributed by atoms with Crippen LogP contribution in [0.3, 0.4) is 0 Å². The van der Waals surface area contributed by atoms with E-state index in [1.165, 1.54) is 17.1 Å². The SMILES string of the molecule is O=C1C=CC(=O)N1CCCCN=C=S. The molecule has 0 spiro atoms. The van der Waals surface area contributed by atoms with E-state index in [2.05, 4.69) is 22.4 Å². The maximum Gasteiger partial charge on any atom is 0.253 e. The molecule has 0 unspecified atom stereocenters. The molecule has 74 valence electrons. The second kappa shape index (κ2) is 5.42. The molecule has 1 aliphatic heterocycles. The second-order valence-corrected chi connectivity index (χ2v) is 3.02. The van der Waals surface area contributed by atoms with Crippen molar-refractivity contribution in [3.63, 3.8) is 0 Å². The van der Waals surface area contributed by atoms with Gasteiger partial charge in [0.2, 0.25) is 0 Å². The maximum atomic E-state index is 11.1. The number of aliphatic imine (C=N–C) groups is 1. The molecular formula is C9H10N2O2S. The first-order valence-electron chi connectivity index (χ1n) is 4.33. The van der Waals surface area contributed by atoms with Crippen LogP contribution in [-0.4, -0.2) is 35.0 Å². The molecule has 1 rings (SSSR count). The van der Waals surface area contributed by atoms with Gasteiger partial charge in [0.1, 0.15) is 0 Å². The minimum atomic E-state index is -0.228. The van der Waals surface area contributed by atoms with Crippen LogP contribution >= 0.6 is 12.2 Å². The Morgan fingerprint density at radius 2 is 1.93 bits per heavy atom. The van der Waals surface area contributed by atoms with Gasteiger partial charge in [0.15, 0.2) is 0 Å². The lowest BCUT2D eigenvalue weighted by Gasteiger charge is -2.12. The highest BCUT2D eigenvalue weighted by molar-refractivity contribution is 7.78. The van der Waals surface area contributed by atoms with E-state index >= 15 is 0 Å². The fourth-order valence-electron chi connectivity index (χ4n) is 1.16. The van der Waals surface area contributed by atoms with Gasteiger partial charge < -0.3 is 0 Å². The summed E-state index contributed by atoms with van der Waals surface area (Å²) in [7, 11) is 0. The molecule has 0 saturated heterocycles. The highest BCUT2D eigenvalue weighted by atomic mass is 32.1. The zero-order valence-corrected chi connectivity index (χ0v) is 8.42. The molecule has 1 aliphatic rings. The van der Waals surface area contributed by atoms with Gasteiger partial charge >= 0.3 is 0 Å². The molecule has 0 saturated carbocycles. The van der Waals surface area contributed by atoms with Crippen LogP contribution in [0.25, 0.3) is 0 Å². The number of rotatable bonds is 5. The summed E-state index contributed by atoms with van der Waals surface area (Å²) in [6.45, 7) is 1.06. The van der Waals surface area contributed by atoms with Crippen molar-refractivity contribution in [2.75, 3.05) is 13.1 Å². The standard InChI is InChI=1S/C9H10N2O2S/c12-8-3-4-9(13)11(8)6-2-1-5-10-7-14/h3-4H,1-2,5-6H2. The van der Waals surface area contributed by atoms with E-state index in [0.717, 1.165) is 12.8 Å². The second-order valence-electron chi connectivity index (χ2n) is 2.84. The van der Waals surface area contributed by atoms with Crippen LogP contribution in [0.15, 0.2) is 17.1 Å². The molecule has 0 aliphatic carbocycles. The summed E-state index contributed by atoms with van der Waals surface area (Å²) < 4.78 is 0. The molecule has 14 heavy (non-hydrogen) atoms. The Bertz CT molecular complexity index is 301. The quantitative estimate of drug-likeness (QED) is 0.292. The van der Waals surface area contributed by atoms with Crippen LogP contribution in [0.1, 0.15) is 12.8 Å².